The summed E-state index contributed by atoms with van der Waals surface area (Å²) in [4.78, 5) is 0. The standard InChI is InChI=1S/C13H24ClN3O/c1-5-8-17-13(10(14)9-16-17)12(15-4)11(6-2)18-7-3/h9,11-12,15H,5-8H2,1-4H3. The van der Waals surface area contributed by atoms with Crippen molar-refractivity contribution in [3.8, 4) is 0 Å². The van der Waals surface area contributed by atoms with E-state index in [1.54, 1.807) is 6.20 Å². The molecule has 0 spiro atoms. The molecule has 0 saturated carbocycles. The van der Waals surface area contributed by atoms with Crippen molar-refractivity contribution in [2.75, 3.05) is 13.7 Å². The molecule has 0 fully saturated rings. The number of nitrogens with one attached hydrogen (secondary N) is 1. The topological polar surface area (TPSA) is 39.1 Å². The van der Waals surface area contributed by atoms with Gasteiger partial charge in [0.05, 0.1) is 29.1 Å². The maximum Gasteiger partial charge on any atom is 0.0835 e. The van der Waals surface area contributed by atoms with Crippen LogP contribution in [-0.4, -0.2) is 29.5 Å². The third kappa shape index (κ3) is 3.46. The SMILES string of the molecule is CCCn1ncc(Cl)c1C(NC)C(CC)OCC. The van der Waals surface area contributed by atoms with Crippen LogP contribution < -0.4 is 5.32 Å². The lowest BCUT2D eigenvalue weighted by Gasteiger charge is -2.26. The number of nitrogens with zero attached hydrogens (tertiary/aromatic N) is 2. The second-order valence-corrected chi connectivity index (χ2v) is 4.68. The molecule has 18 heavy (non-hydrogen) atoms. The maximum atomic E-state index is 6.28. The fraction of sp³-hybridized carbons (Fsp3) is 0.769. The molecule has 0 saturated heterocycles. The first-order valence-electron chi connectivity index (χ1n) is 6.69. The molecule has 4 nitrogen and oxygen atoms in total. The highest BCUT2D eigenvalue weighted by atomic mass is 35.5. The van der Waals surface area contributed by atoms with Crippen LogP contribution in [0.4, 0.5) is 0 Å². The zero-order valence-electron chi connectivity index (χ0n) is 11.7. The molecule has 0 radical (unpaired) electrons. The van der Waals surface area contributed by atoms with Crippen LogP contribution in [0.25, 0.3) is 0 Å². The normalized spacial score (nSPS) is 14.7. The predicted molar refractivity (Wildman–Crippen MR) is 75.0 cm³/mol. The number of aryl methyl sites for hydroxylation is 1. The first-order chi connectivity index (χ1) is 8.69. The number of hydrogen-bond acceptors (Lipinski definition) is 3. The van der Waals surface area contributed by atoms with E-state index in [1.165, 1.54) is 0 Å². The summed E-state index contributed by atoms with van der Waals surface area (Å²) in [5.74, 6) is 0. The lowest BCUT2D eigenvalue weighted by atomic mass is 10.0. The molecule has 0 aliphatic rings. The van der Waals surface area contributed by atoms with Crippen LogP contribution in [0, 0.1) is 0 Å². The van der Waals surface area contributed by atoms with Crippen molar-refractivity contribution in [2.24, 2.45) is 0 Å². The Labute approximate surface area is 115 Å². The molecule has 1 heterocycles. The molecule has 5 heteroatoms. The first kappa shape index (κ1) is 15.5. The average molecular weight is 274 g/mol. The van der Waals surface area contributed by atoms with Gasteiger partial charge in [-0.1, -0.05) is 25.4 Å². The second kappa shape index (κ2) is 7.77. The van der Waals surface area contributed by atoms with Gasteiger partial charge >= 0.3 is 0 Å². The quantitative estimate of drug-likeness (QED) is 0.791. The molecule has 2 unspecified atom stereocenters. The zero-order valence-corrected chi connectivity index (χ0v) is 12.5. The Bertz CT molecular complexity index is 354. The summed E-state index contributed by atoms with van der Waals surface area (Å²) >= 11 is 6.28. The van der Waals surface area contributed by atoms with Gasteiger partial charge in [0.25, 0.3) is 0 Å². The molecule has 1 rings (SSSR count). The summed E-state index contributed by atoms with van der Waals surface area (Å²) < 4.78 is 7.77. The molecule has 2 atom stereocenters. The highest BCUT2D eigenvalue weighted by molar-refractivity contribution is 6.31. The predicted octanol–water partition coefficient (Wildman–Crippen LogP) is 3.02. The summed E-state index contributed by atoms with van der Waals surface area (Å²) in [6, 6.07) is 0.0801. The van der Waals surface area contributed by atoms with E-state index in [1.807, 2.05) is 18.7 Å². The summed E-state index contributed by atoms with van der Waals surface area (Å²) in [5, 5.41) is 8.36. The van der Waals surface area contributed by atoms with E-state index in [-0.39, 0.29) is 12.1 Å². The van der Waals surface area contributed by atoms with E-state index in [4.69, 9.17) is 16.3 Å². The van der Waals surface area contributed by atoms with Crippen LogP contribution in [-0.2, 0) is 11.3 Å². The Morgan fingerprint density at radius 2 is 2.17 bits per heavy atom. The molecule has 104 valence electrons. The minimum atomic E-state index is 0.0801. The van der Waals surface area contributed by atoms with Crippen LogP contribution in [0.1, 0.15) is 45.3 Å². The molecule has 1 aromatic rings. The Morgan fingerprint density at radius 1 is 1.44 bits per heavy atom. The van der Waals surface area contributed by atoms with Crippen LogP contribution in [0.5, 0.6) is 0 Å². The van der Waals surface area contributed by atoms with Gasteiger partial charge in [0.15, 0.2) is 0 Å². The molecule has 0 aliphatic carbocycles. The molecular weight excluding hydrogens is 250 g/mol. The van der Waals surface area contributed by atoms with Crippen LogP contribution in [0.3, 0.4) is 0 Å². The highest BCUT2D eigenvalue weighted by Gasteiger charge is 2.26. The van der Waals surface area contributed by atoms with E-state index >= 15 is 0 Å². The highest BCUT2D eigenvalue weighted by Crippen LogP contribution is 2.28. The van der Waals surface area contributed by atoms with Crippen LogP contribution in [0.15, 0.2) is 6.20 Å². The molecule has 1 aromatic heterocycles. The van der Waals surface area contributed by atoms with Crippen molar-refractivity contribution >= 4 is 11.6 Å². The lowest BCUT2D eigenvalue weighted by Crippen LogP contribution is -2.33. The van der Waals surface area contributed by atoms with Crippen molar-refractivity contribution < 1.29 is 4.74 Å². The molecule has 0 aliphatic heterocycles. The lowest BCUT2D eigenvalue weighted by molar-refractivity contribution is 0.0311. The summed E-state index contributed by atoms with van der Waals surface area (Å²) in [6.45, 7) is 7.85. The minimum Gasteiger partial charge on any atom is -0.376 e. The van der Waals surface area contributed by atoms with E-state index in [0.29, 0.717) is 11.6 Å². The average Bonchev–Trinajstić information content (AvgIpc) is 2.72. The molecule has 0 aromatic carbocycles. The second-order valence-electron chi connectivity index (χ2n) is 4.27. The van der Waals surface area contributed by atoms with Crippen LogP contribution in [0.2, 0.25) is 5.02 Å². The Balaban J connectivity index is 3.02. The van der Waals surface area contributed by atoms with Crippen molar-refractivity contribution in [1.82, 2.24) is 15.1 Å². The van der Waals surface area contributed by atoms with Crippen molar-refractivity contribution in [3.05, 3.63) is 16.9 Å². The fourth-order valence-corrected chi connectivity index (χ4v) is 2.49. The zero-order chi connectivity index (χ0) is 13.5. The molecular formula is C13H24ClN3O. The number of rotatable bonds is 8. The molecule has 1 N–H and O–H groups in total. The van der Waals surface area contributed by atoms with Gasteiger partial charge in [0, 0.05) is 13.2 Å². The van der Waals surface area contributed by atoms with E-state index in [2.05, 4.69) is 24.3 Å². The monoisotopic (exact) mass is 273 g/mol. The van der Waals surface area contributed by atoms with Crippen molar-refractivity contribution in [1.29, 1.82) is 0 Å². The van der Waals surface area contributed by atoms with E-state index < -0.39 is 0 Å². The molecule has 0 bridgehead atoms. The number of aromatic nitrogens is 2. The van der Waals surface area contributed by atoms with Gasteiger partial charge in [-0.25, -0.2) is 0 Å². The smallest absolute Gasteiger partial charge is 0.0835 e. The van der Waals surface area contributed by atoms with Gasteiger partial charge in [-0.3, -0.25) is 4.68 Å². The third-order valence-corrected chi connectivity index (χ3v) is 3.32. The largest absolute Gasteiger partial charge is 0.376 e. The Hall–Kier alpha value is -0.580. The number of likely N-dealkylation sites (N-methyl/N-ethyl adjacent to an activating group) is 1. The van der Waals surface area contributed by atoms with Crippen LogP contribution >= 0.6 is 11.6 Å². The molecule has 0 amide bonds. The first-order valence-corrected chi connectivity index (χ1v) is 7.07. The van der Waals surface area contributed by atoms with E-state index in [0.717, 1.165) is 25.1 Å². The third-order valence-electron chi connectivity index (χ3n) is 3.03. The van der Waals surface area contributed by atoms with Gasteiger partial charge in [-0.2, -0.15) is 5.10 Å². The number of hydrogen-bond donors (Lipinski definition) is 1. The summed E-state index contributed by atoms with van der Waals surface area (Å²) in [7, 11) is 1.94. The van der Waals surface area contributed by atoms with Gasteiger partial charge in [-0.05, 0) is 26.8 Å². The Morgan fingerprint density at radius 3 is 2.67 bits per heavy atom. The van der Waals surface area contributed by atoms with Gasteiger partial charge < -0.3 is 10.1 Å². The van der Waals surface area contributed by atoms with E-state index in [9.17, 15) is 0 Å². The van der Waals surface area contributed by atoms with Gasteiger partial charge in [-0.15, -0.1) is 0 Å². The Kier molecular flexibility index (Phi) is 6.68. The number of ether oxygens (including phenoxy) is 1. The van der Waals surface area contributed by atoms with Gasteiger partial charge in [0.2, 0.25) is 0 Å². The van der Waals surface area contributed by atoms with Crippen molar-refractivity contribution in [2.45, 2.75) is 52.3 Å². The number of halogens is 1. The fourth-order valence-electron chi connectivity index (χ4n) is 2.23. The summed E-state index contributed by atoms with van der Waals surface area (Å²) in [6.07, 6.45) is 3.81. The van der Waals surface area contributed by atoms with Crippen molar-refractivity contribution in [3.63, 3.8) is 0 Å². The summed E-state index contributed by atoms with van der Waals surface area (Å²) in [5.41, 5.74) is 1.03. The van der Waals surface area contributed by atoms with Gasteiger partial charge in [0.1, 0.15) is 0 Å². The maximum absolute atomic E-state index is 6.28. The minimum absolute atomic E-state index is 0.0801.